The third-order valence-corrected chi connectivity index (χ3v) is 7.12. The number of carbonyl (C=O) groups excluding carboxylic acids is 2. The van der Waals surface area contributed by atoms with Gasteiger partial charge in [-0.2, -0.15) is 28.6 Å². The first-order valence-corrected chi connectivity index (χ1v) is 10.9. The summed E-state index contributed by atoms with van der Waals surface area (Å²) in [6, 6.07) is 9.73. The summed E-state index contributed by atoms with van der Waals surface area (Å²) >= 11 is 0. The molecule has 2 aliphatic rings. The number of carboxylic acid groups (broad SMARTS) is 1. The molecule has 2 aliphatic heterocycles. The summed E-state index contributed by atoms with van der Waals surface area (Å²) in [5.74, 6) is -0.199. The molecular formula is C23H21F3N5O3-. The minimum atomic E-state index is -4.42. The molecule has 0 aliphatic carbocycles. The summed E-state index contributed by atoms with van der Waals surface area (Å²) in [4.78, 5) is 27.6. The Morgan fingerprint density at radius 2 is 1.74 bits per heavy atom. The van der Waals surface area contributed by atoms with E-state index in [0.29, 0.717) is 61.1 Å². The van der Waals surface area contributed by atoms with Crippen molar-refractivity contribution in [2.24, 2.45) is 5.41 Å². The van der Waals surface area contributed by atoms with Crippen LogP contribution in [0.1, 0.15) is 34.3 Å². The van der Waals surface area contributed by atoms with Crippen LogP contribution in [-0.4, -0.2) is 62.9 Å². The lowest BCUT2D eigenvalue weighted by Gasteiger charge is -2.60. The van der Waals surface area contributed by atoms with Crippen molar-refractivity contribution in [3.8, 4) is 0 Å². The Kier molecular flexibility index (Phi) is 5.22. The molecule has 3 aromatic rings. The maximum Gasteiger partial charge on any atom is 0.416 e. The first kappa shape index (κ1) is 22.2. The molecule has 2 aromatic carbocycles. The lowest BCUT2D eigenvalue weighted by Crippen LogP contribution is -2.70. The van der Waals surface area contributed by atoms with Gasteiger partial charge in [0.1, 0.15) is 17.1 Å². The van der Waals surface area contributed by atoms with Crippen LogP contribution in [-0.2, 0) is 12.6 Å². The van der Waals surface area contributed by atoms with E-state index in [9.17, 15) is 27.9 Å². The van der Waals surface area contributed by atoms with Crippen molar-refractivity contribution in [2.75, 3.05) is 19.6 Å². The van der Waals surface area contributed by atoms with E-state index in [-0.39, 0.29) is 17.4 Å². The summed E-state index contributed by atoms with van der Waals surface area (Å²) in [7, 11) is 0. The number of carbonyl (C=O) groups is 2. The maximum atomic E-state index is 13.4. The van der Waals surface area contributed by atoms with Crippen molar-refractivity contribution in [1.82, 2.24) is 25.2 Å². The summed E-state index contributed by atoms with van der Waals surface area (Å²) in [5.41, 5.74) is 1.29. The molecule has 178 valence electrons. The van der Waals surface area contributed by atoms with Gasteiger partial charge >= 0.3 is 6.18 Å². The Labute approximate surface area is 192 Å². The number of rotatable bonds is 3. The van der Waals surface area contributed by atoms with Crippen LogP contribution in [0.2, 0.25) is 0 Å². The van der Waals surface area contributed by atoms with E-state index in [2.05, 4.69) is 15.4 Å². The molecule has 8 nitrogen and oxygen atoms in total. The van der Waals surface area contributed by atoms with Gasteiger partial charge in [0.05, 0.1) is 5.56 Å². The van der Waals surface area contributed by atoms with Gasteiger partial charge in [0.2, 0.25) is 0 Å². The zero-order valence-corrected chi connectivity index (χ0v) is 18.0. The quantitative estimate of drug-likeness (QED) is 0.631. The molecule has 1 spiro atoms. The summed E-state index contributed by atoms with van der Waals surface area (Å²) < 4.78 is 38.9. The first-order valence-electron chi connectivity index (χ1n) is 10.9. The molecule has 2 saturated heterocycles. The largest absolute Gasteiger partial charge is 0.530 e. The van der Waals surface area contributed by atoms with Crippen LogP contribution in [0, 0.1) is 5.41 Å². The number of likely N-dealkylation sites (tertiary alicyclic amines) is 2. The van der Waals surface area contributed by atoms with Crippen LogP contribution < -0.4 is 5.11 Å². The highest BCUT2D eigenvalue weighted by atomic mass is 19.4. The SMILES string of the molecule is O=C([O-])N1CCC2(CC1)CN(C(=O)c1ccc3n[nH]nc3c1)C2Cc1ccc(C(F)(F)F)cc1. The van der Waals surface area contributed by atoms with Gasteiger partial charge in [-0.25, -0.2) is 0 Å². The highest BCUT2D eigenvalue weighted by Crippen LogP contribution is 2.48. The van der Waals surface area contributed by atoms with Gasteiger partial charge in [-0.1, -0.05) is 12.1 Å². The molecule has 1 atom stereocenters. The predicted octanol–water partition coefficient (Wildman–Crippen LogP) is 2.47. The summed E-state index contributed by atoms with van der Waals surface area (Å²) in [6.07, 6.45) is -4.16. The number of benzene rings is 2. The fourth-order valence-electron chi connectivity index (χ4n) is 5.13. The summed E-state index contributed by atoms with van der Waals surface area (Å²) in [6.45, 7) is 1.06. The Bertz CT molecular complexity index is 1230. The number of alkyl halides is 3. The zero-order chi connectivity index (χ0) is 24.1. The van der Waals surface area contributed by atoms with Gasteiger partial charge in [-0.15, -0.1) is 0 Å². The van der Waals surface area contributed by atoms with Crippen LogP contribution in [0.15, 0.2) is 42.5 Å². The van der Waals surface area contributed by atoms with Crippen molar-refractivity contribution >= 4 is 23.0 Å². The van der Waals surface area contributed by atoms with Crippen LogP contribution >= 0.6 is 0 Å². The third kappa shape index (κ3) is 3.84. The van der Waals surface area contributed by atoms with Crippen molar-refractivity contribution in [3.05, 3.63) is 59.2 Å². The minimum absolute atomic E-state index is 0.199. The third-order valence-electron chi connectivity index (χ3n) is 7.12. The van der Waals surface area contributed by atoms with E-state index in [4.69, 9.17) is 0 Å². The lowest BCUT2D eigenvalue weighted by atomic mass is 9.63. The van der Waals surface area contributed by atoms with E-state index in [1.54, 1.807) is 23.1 Å². The Balaban J connectivity index is 1.40. The summed E-state index contributed by atoms with van der Waals surface area (Å²) in [5, 5.41) is 21.8. The number of hydrogen-bond donors (Lipinski definition) is 1. The van der Waals surface area contributed by atoms with Crippen molar-refractivity contribution in [1.29, 1.82) is 0 Å². The average molecular weight is 472 g/mol. The second-order valence-corrected chi connectivity index (χ2v) is 8.99. The molecule has 0 radical (unpaired) electrons. The second kappa shape index (κ2) is 8.00. The average Bonchev–Trinajstić information content (AvgIpc) is 3.28. The highest BCUT2D eigenvalue weighted by molar-refractivity contribution is 5.98. The van der Waals surface area contributed by atoms with E-state index in [1.807, 2.05) is 0 Å². The maximum absolute atomic E-state index is 13.4. The smallest absolute Gasteiger partial charge is 0.416 e. The molecule has 0 bridgehead atoms. The molecule has 11 heteroatoms. The first-order chi connectivity index (χ1) is 16.2. The highest BCUT2D eigenvalue weighted by Gasteiger charge is 2.55. The molecule has 1 aromatic heterocycles. The molecular weight excluding hydrogens is 451 g/mol. The van der Waals surface area contributed by atoms with Gasteiger partial charge in [0.25, 0.3) is 5.91 Å². The van der Waals surface area contributed by atoms with Crippen molar-refractivity contribution in [2.45, 2.75) is 31.5 Å². The van der Waals surface area contributed by atoms with E-state index < -0.39 is 17.8 Å². The molecule has 34 heavy (non-hydrogen) atoms. The van der Waals surface area contributed by atoms with Crippen molar-refractivity contribution < 1.29 is 27.9 Å². The Morgan fingerprint density at radius 3 is 2.38 bits per heavy atom. The van der Waals surface area contributed by atoms with E-state index >= 15 is 0 Å². The van der Waals surface area contributed by atoms with Crippen LogP contribution in [0.25, 0.3) is 11.0 Å². The Hall–Kier alpha value is -3.63. The predicted molar refractivity (Wildman–Crippen MR) is 112 cm³/mol. The van der Waals surface area contributed by atoms with Crippen LogP contribution in [0.3, 0.4) is 0 Å². The van der Waals surface area contributed by atoms with Crippen LogP contribution in [0.5, 0.6) is 0 Å². The monoisotopic (exact) mass is 472 g/mol. The van der Waals surface area contributed by atoms with E-state index in [0.717, 1.165) is 12.1 Å². The number of H-pyrrole nitrogens is 1. The fraction of sp³-hybridized carbons (Fsp3) is 0.391. The standard InChI is InChI=1S/C23H22F3N5O3/c24-23(25,26)16-4-1-14(2-5-16)11-19-22(7-9-30(10-8-22)21(33)34)13-31(19)20(32)15-3-6-17-18(12-15)28-29-27-17/h1-6,12,19H,7-11,13H2,(H,33,34)(H,27,28,29)/p-1. The molecule has 3 heterocycles. The number of aromatic amines is 1. The number of amides is 2. The Morgan fingerprint density at radius 1 is 1.06 bits per heavy atom. The number of nitrogens with one attached hydrogen (secondary N) is 1. The number of fused-ring (bicyclic) bond motifs is 1. The molecule has 5 rings (SSSR count). The van der Waals surface area contributed by atoms with Gasteiger partial charge < -0.3 is 19.7 Å². The number of hydrogen-bond acceptors (Lipinski definition) is 5. The second-order valence-electron chi connectivity index (χ2n) is 8.99. The normalized spacial score (nSPS) is 19.9. The number of nitrogens with zero attached hydrogens (tertiary/aromatic N) is 4. The molecule has 0 saturated carbocycles. The topological polar surface area (TPSA) is 105 Å². The van der Waals surface area contributed by atoms with Gasteiger partial charge in [-0.3, -0.25) is 4.79 Å². The van der Waals surface area contributed by atoms with Crippen LogP contribution in [0.4, 0.5) is 18.0 Å². The zero-order valence-electron chi connectivity index (χ0n) is 18.0. The van der Waals surface area contributed by atoms with Gasteiger partial charge in [0.15, 0.2) is 0 Å². The number of piperidine rings is 1. The van der Waals surface area contributed by atoms with E-state index in [1.165, 1.54) is 17.0 Å². The molecule has 1 N–H and O–H groups in total. The molecule has 1 unspecified atom stereocenters. The fourth-order valence-corrected chi connectivity index (χ4v) is 5.13. The van der Waals surface area contributed by atoms with Gasteiger partial charge in [-0.05, 0) is 55.2 Å². The number of aromatic nitrogens is 3. The lowest BCUT2D eigenvalue weighted by molar-refractivity contribution is -0.268. The molecule has 2 amide bonds. The minimum Gasteiger partial charge on any atom is -0.530 e. The van der Waals surface area contributed by atoms with Crippen molar-refractivity contribution in [3.63, 3.8) is 0 Å². The van der Waals surface area contributed by atoms with Gasteiger partial charge in [0, 0.05) is 36.7 Å². The molecule has 2 fully saturated rings. The number of halogens is 3.